The zero-order chi connectivity index (χ0) is 14.6. The highest BCUT2D eigenvalue weighted by molar-refractivity contribution is 6.30. The van der Waals surface area contributed by atoms with Gasteiger partial charge in [-0.05, 0) is 37.1 Å². The van der Waals surface area contributed by atoms with Gasteiger partial charge in [0.15, 0.2) is 0 Å². The van der Waals surface area contributed by atoms with Crippen molar-refractivity contribution in [3.8, 4) is 0 Å². The number of amides is 2. The monoisotopic (exact) mass is 296 g/mol. The van der Waals surface area contributed by atoms with Gasteiger partial charge in [0.05, 0.1) is 12.0 Å². The lowest BCUT2D eigenvalue weighted by atomic mass is 9.93. The number of anilines is 1. The summed E-state index contributed by atoms with van der Waals surface area (Å²) in [6, 6.07) is 6.37. The molecule has 3 N–H and O–H groups in total. The smallest absolute Gasteiger partial charge is 0.319 e. The molecule has 2 rings (SSSR count). The van der Waals surface area contributed by atoms with E-state index in [1.54, 1.807) is 24.3 Å². The highest BCUT2D eigenvalue weighted by Gasteiger charge is 2.37. The number of benzene rings is 1. The topological polar surface area (TPSA) is 78.4 Å². The van der Waals surface area contributed by atoms with Gasteiger partial charge < -0.3 is 15.7 Å². The molecule has 0 aliphatic heterocycles. The van der Waals surface area contributed by atoms with E-state index in [2.05, 4.69) is 10.6 Å². The molecule has 0 spiro atoms. The molecule has 0 heterocycles. The van der Waals surface area contributed by atoms with E-state index in [4.69, 9.17) is 16.7 Å². The van der Waals surface area contributed by atoms with E-state index in [0.717, 1.165) is 12.8 Å². The average Bonchev–Trinajstić information content (AvgIpc) is 2.79. The first-order valence-electron chi connectivity index (χ1n) is 6.56. The summed E-state index contributed by atoms with van der Waals surface area (Å²) in [6.07, 6.45) is 3.24. The molecule has 0 unspecified atom stereocenters. The Morgan fingerprint density at radius 3 is 2.35 bits per heavy atom. The van der Waals surface area contributed by atoms with Gasteiger partial charge in [0, 0.05) is 10.7 Å². The Balaban J connectivity index is 1.98. The van der Waals surface area contributed by atoms with Crippen molar-refractivity contribution in [3.63, 3.8) is 0 Å². The van der Waals surface area contributed by atoms with Gasteiger partial charge in [0.2, 0.25) is 0 Å². The molecule has 6 heteroatoms. The van der Waals surface area contributed by atoms with E-state index in [1.807, 2.05) is 0 Å². The Bertz CT molecular complexity index is 496. The molecule has 20 heavy (non-hydrogen) atoms. The maximum atomic E-state index is 12.0. The molecule has 2 amide bonds. The second-order valence-corrected chi connectivity index (χ2v) is 5.58. The number of urea groups is 1. The van der Waals surface area contributed by atoms with E-state index >= 15 is 0 Å². The number of carboxylic acid groups (broad SMARTS) is 1. The van der Waals surface area contributed by atoms with E-state index in [-0.39, 0.29) is 12.5 Å². The molecule has 0 saturated heterocycles. The molecule has 1 aliphatic rings. The number of nitrogens with one attached hydrogen (secondary N) is 2. The van der Waals surface area contributed by atoms with Gasteiger partial charge in [-0.15, -0.1) is 0 Å². The first-order valence-corrected chi connectivity index (χ1v) is 6.93. The minimum absolute atomic E-state index is 0.0406. The number of aliphatic carboxylic acids is 1. The van der Waals surface area contributed by atoms with Crippen LogP contribution < -0.4 is 10.6 Å². The summed E-state index contributed by atoms with van der Waals surface area (Å²) in [5.74, 6) is -0.890. The van der Waals surface area contributed by atoms with Crippen molar-refractivity contribution in [1.29, 1.82) is 0 Å². The van der Waals surface area contributed by atoms with Crippen molar-refractivity contribution < 1.29 is 14.7 Å². The van der Waals surface area contributed by atoms with Crippen molar-refractivity contribution in [2.75, 3.05) is 5.32 Å². The number of hydrogen-bond donors (Lipinski definition) is 3. The van der Waals surface area contributed by atoms with Crippen molar-refractivity contribution >= 4 is 29.3 Å². The number of halogens is 1. The Kier molecular flexibility index (Phi) is 4.49. The fourth-order valence-electron chi connectivity index (χ4n) is 2.62. The average molecular weight is 297 g/mol. The van der Waals surface area contributed by atoms with Crippen LogP contribution in [-0.2, 0) is 4.79 Å². The van der Waals surface area contributed by atoms with Crippen molar-refractivity contribution in [2.24, 2.45) is 0 Å². The lowest BCUT2D eigenvalue weighted by Gasteiger charge is -2.28. The molecule has 108 valence electrons. The van der Waals surface area contributed by atoms with Crippen molar-refractivity contribution in [2.45, 2.75) is 37.6 Å². The molecule has 1 fully saturated rings. The van der Waals surface area contributed by atoms with Crippen LogP contribution in [0, 0.1) is 0 Å². The third-order valence-corrected chi connectivity index (χ3v) is 3.78. The van der Waals surface area contributed by atoms with Crippen LogP contribution in [0.3, 0.4) is 0 Å². The van der Waals surface area contributed by atoms with Gasteiger partial charge in [-0.3, -0.25) is 4.79 Å². The summed E-state index contributed by atoms with van der Waals surface area (Å²) < 4.78 is 0. The van der Waals surface area contributed by atoms with Crippen LogP contribution in [0.2, 0.25) is 5.02 Å². The summed E-state index contributed by atoms with van der Waals surface area (Å²) in [7, 11) is 0. The zero-order valence-corrected chi connectivity index (χ0v) is 11.7. The largest absolute Gasteiger partial charge is 0.481 e. The van der Waals surface area contributed by atoms with Crippen LogP contribution >= 0.6 is 11.6 Å². The minimum atomic E-state index is -0.890. The molecule has 1 aromatic carbocycles. The zero-order valence-electron chi connectivity index (χ0n) is 11.0. The molecule has 0 radical (unpaired) electrons. The quantitative estimate of drug-likeness (QED) is 0.798. The predicted molar refractivity (Wildman–Crippen MR) is 77.1 cm³/mol. The number of carbonyl (C=O) groups is 2. The molecule has 0 atom stereocenters. The van der Waals surface area contributed by atoms with Crippen molar-refractivity contribution in [3.05, 3.63) is 29.3 Å². The number of carboxylic acids is 1. The van der Waals surface area contributed by atoms with Crippen LogP contribution in [0.15, 0.2) is 24.3 Å². The fraction of sp³-hybridized carbons (Fsp3) is 0.429. The maximum Gasteiger partial charge on any atom is 0.319 e. The second kappa shape index (κ2) is 6.13. The third kappa shape index (κ3) is 3.87. The first kappa shape index (κ1) is 14.7. The molecule has 5 nitrogen and oxygen atoms in total. The third-order valence-electron chi connectivity index (χ3n) is 3.53. The molecule has 1 saturated carbocycles. The standard InChI is InChI=1S/C14H17ClN2O3/c15-10-3-5-11(6-4-10)16-13(20)17-14(9-12(18)19)7-1-2-8-14/h3-6H,1-2,7-9H2,(H,18,19)(H2,16,17,20). The molecule has 0 bridgehead atoms. The summed E-state index contributed by atoms with van der Waals surface area (Å²) >= 11 is 5.77. The van der Waals surface area contributed by atoms with Gasteiger partial charge in [-0.2, -0.15) is 0 Å². The van der Waals surface area contributed by atoms with Crippen molar-refractivity contribution in [1.82, 2.24) is 5.32 Å². The van der Waals surface area contributed by atoms with Crippen LogP contribution in [0.4, 0.5) is 10.5 Å². The lowest BCUT2D eigenvalue weighted by Crippen LogP contribution is -2.49. The summed E-state index contributed by atoms with van der Waals surface area (Å²) in [6.45, 7) is 0. The fourth-order valence-corrected chi connectivity index (χ4v) is 2.75. The van der Waals surface area contributed by atoms with Crippen LogP contribution in [-0.4, -0.2) is 22.6 Å². The molecule has 1 aliphatic carbocycles. The van der Waals surface area contributed by atoms with E-state index < -0.39 is 11.5 Å². The Morgan fingerprint density at radius 2 is 1.80 bits per heavy atom. The SMILES string of the molecule is O=C(O)CC1(NC(=O)Nc2ccc(Cl)cc2)CCCC1. The molecule has 0 aromatic heterocycles. The normalized spacial score (nSPS) is 16.6. The van der Waals surface area contributed by atoms with Gasteiger partial charge in [-0.25, -0.2) is 4.79 Å². The maximum absolute atomic E-state index is 12.0. The Labute approximate surface area is 122 Å². The number of carbonyl (C=O) groups excluding carboxylic acids is 1. The van der Waals surface area contributed by atoms with Gasteiger partial charge >= 0.3 is 12.0 Å². The lowest BCUT2D eigenvalue weighted by molar-refractivity contribution is -0.138. The minimum Gasteiger partial charge on any atom is -0.481 e. The van der Waals surface area contributed by atoms with Gasteiger partial charge in [-0.1, -0.05) is 24.4 Å². The highest BCUT2D eigenvalue weighted by atomic mass is 35.5. The summed E-state index contributed by atoms with van der Waals surface area (Å²) in [4.78, 5) is 22.9. The second-order valence-electron chi connectivity index (χ2n) is 5.14. The van der Waals surface area contributed by atoms with Gasteiger partial charge in [0.25, 0.3) is 0 Å². The summed E-state index contributed by atoms with van der Waals surface area (Å²) in [5.41, 5.74) is -0.00196. The molecule has 1 aromatic rings. The Morgan fingerprint density at radius 1 is 1.20 bits per heavy atom. The van der Waals surface area contributed by atoms with Crippen LogP contribution in [0.1, 0.15) is 32.1 Å². The van der Waals surface area contributed by atoms with E-state index in [0.29, 0.717) is 23.6 Å². The van der Waals surface area contributed by atoms with Crippen LogP contribution in [0.5, 0.6) is 0 Å². The molecular weight excluding hydrogens is 280 g/mol. The summed E-state index contributed by atoms with van der Waals surface area (Å²) in [5, 5.41) is 15.1. The predicted octanol–water partition coefficient (Wildman–Crippen LogP) is 3.25. The number of rotatable bonds is 4. The highest BCUT2D eigenvalue weighted by Crippen LogP contribution is 2.32. The number of hydrogen-bond acceptors (Lipinski definition) is 2. The van der Waals surface area contributed by atoms with E-state index in [9.17, 15) is 9.59 Å². The molecular formula is C14H17ClN2O3. The van der Waals surface area contributed by atoms with E-state index in [1.165, 1.54) is 0 Å². The Hall–Kier alpha value is -1.75. The first-order chi connectivity index (χ1) is 9.49. The van der Waals surface area contributed by atoms with Gasteiger partial charge in [0.1, 0.15) is 0 Å². The van der Waals surface area contributed by atoms with Crippen LogP contribution in [0.25, 0.3) is 0 Å².